The van der Waals surface area contributed by atoms with Crippen LogP contribution in [0.5, 0.6) is 0 Å². The summed E-state index contributed by atoms with van der Waals surface area (Å²) in [6, 6.07) is 7.19. The van der Waals surface area contributed by atoms with Crippen molar-refractivity contribution in [2.45, 2.75) is 6.92 Å². The Balaban J connectivity index is 1.80. The van der Waals surface area contributed by atoms with E-state index in [-0.39, 0.29) is 11.9 Å². The molecule has 1 fully saturated rings. The first-order valence-corrected chi connectivity index (χ1v) is 7.17. The predicted molar refractivity (Wildman–Crippen MR) is 82.8 cm³/mol. The summed E-state index contributed by atoms with van der Waals surface area (Å²) in [6.45, 7) is 3.83. The van der Waals surface area contributed by atoms with Crippen molar-refractivity contribution in [2.75, 3.05) is 26.2 Å². The smallest absolute Gasteiger partial charge is 0.321 e. The van der Waals surface area contributed by atoms with E-state index >= 15 is 0 Å². The quantitative estimate of drug-likeness (QED) is 0.910. The van der Waals surface area contributed by atoms with E-state index in [1.54, 1.807) is 41.1 Å². The van der Waals surface area contributed by atoms with Crippen molar-refractivity contribution < 1.29 is 9.59 Å². The van der Waals surface area contributed by atoms with E-state index in [0.29, 0.717) is 31.2 Å². The Morgan fingerprint density at radius 2 is 1.67 bits per heavy atom. The normalized spacial score (nSPS) is 15.3. The average Bonchev–Trinajstić information content (AvgIpc) is 2.49. The fourth-order valence-electron chi connectivity index (χ4n) is 2.10. The van der Waals surface area contributed by atoms with Crippen LogP contribution in [0.4, 0.5) is 4.79 Å². The molecule has 0 unspecified atom stereocenters. The number of halogens is 1. The number of hydrogen-bond acceptors (Lipinski definition) is 2. The number of nitrogens with one attached hydrogen (secondary N) is 1. The molecule has 1 aliphatic heterocycles. The van der Waals surface area contributed by atoms with Gasteiger partial charge < -0.3 is 15.1 Å². The average molecular weight is 308 g/mol. The number of nitrogens with zero attached hydrogens (tertiary/aromatic N) is 2. The van der Waals surface area contributed by atoms with Gasteiger partial charge in [0.2, 0.25) is 5.91 Å². The van der Waals surface area contributed by atoms with Crippen molar-refractivity contribution >= 4 is 29.6 Å². The molecule has 21 heavy (non-hydrogen) atoms. The molecular weight excluding hydrogens is 290 g/mol. The van der Waals surface area contributed by atoms with Crippen LogP contribution in [0.1, 0.15) is 12.5 Å². The number of carbonyl (C=O) groups is 2. The highest BCUT2D eigenvalue weighted by Crippen LogP contribution is 2.10. The van der Waals surface area contributed by atoms with Gasteiger partial charge in [0.1, 0.15) is 0 Å². The molecular formula is C15H18ClN3O2. The molecule has 1 aromatic carbocycles. The van der Waals surface area contributed by atoms with Crippen LogP contribution in [0.2, 0.25) is 5.02 Å². The van der Waals surface area contributed by atoms with Crippen molar-refractivity contribution in [1.82, 2.24) is 15.1 Å². The van der Waals surface area contributed by atoms with Gasteiger partial charge in [0.15, 0.2) is 0 Å². The summed E-state index contributed by atoms with van der Waals surface area (Å²) in [5.74, 6) is 0.0534. The van der Waals surface area contributed by atoms with Crippen LogP contribution in [0, 0.1) is 0 Å². The Kier molecular flexibility index (Phi) is 5.22. The number of urea groups is 1. The molecule has 1 heterocycles. The summed E-state index contributed by atoms with van der Waals surface area (Å²) in [5.41, 5.74) is 0.959. The summed E-state index contributed by atoms with van der Waals surface area (Å²) in [7, 11) is 0. The maximum atomic E-state index is 12.0. The fraction of sp³-hybridized carbons (Fsp3) is 0.333. The molecule has 0 aliphatic carbocycles. The summed E-state index contributed by atoms with van der Waals surface area (Å²) in [4.78, 5) is 26.6. The van der Waals surface area contributed by atoms with Gasteiger partial charge >= 0.3 is 6.03 Å². The Morgan fingerprint density at radius 1 is 1.10 bits per heavy atom. The van der Waals surface area contributed by atoms with E-state index in [9.17, 15) is 9.59 Å². The van der Waals surface area contributed by atoms with Crippen LogP contribution in [0.25, 0.3) is 6.08 Å². The minimum Gasteiger partial charge on any atom is -0.339 e. The second-order valence-electron chi connectivity index (χ2n) is 4.83. The van der Waals surface area contributed by atoms with E-state index in [1.807, 2.05) is 12.1 Å². The number of amides is 3. The van der Waals surface area contributed by atoms with Gasteiger partial charge in [-0.3, -0.25) is 4.79 Å². The van der Waals surface area contributed by atoms with E-state index < -0.39 is 0 Å². The number of carbonyl (C=O) groups excluding carboxylic acids is 2. The largest absolute Gasteiger partial charge is 0.339 e. The third-order valence-electron chi connectivity index (χ3n) is 3.36. The summed E-state index contributed by atoms with van der Waals surface area (Å²) < 4.78 is 0. The first-order chi connectivity index (χ1) is 10.1. The molecule has 1 N–H and O–H groups in total. The Bertz CT molecular complexity index is 534. The molecule has 6 heteroatoms. The van der Waals surface area contributed by atoms with Gasteiger partial charge in [0.25, 0.3) is 0 Å². The van der Waals surface area contributed by atoms with Gasteiger partial charge in [-0.25, -0.2) is 4.79 Å². The summed E-state index contributed by atoms with van der Waals surface area (Å²) in [5, 5.41) is 3.41. The van der Waals surface area contributed by atoms with Gasteiger partial charge in [-0.2, -0.15) is 0 Å². The standard InChI is InChI=1S/C15H18ClN3O2/c1-12(20)18-8-10-19(11-9-18)15(21)17-7-6-13-2-4-14(16)5-3-13/h2-7H,8-11H2,1H3,(H,17,21)/b7-6+. The monoisotopic (exact) mass is 307 g/mol. The highest BCUT2D eigenvalue weighted by atomic mass is 35.5. The van der Waals surface area contributed by atoms with Gasteiger partial charge in [-0.15, -0.1) is 0 Å². The Hall–Kier alpha value is -2.01. The lowest BCUT2D eigenvalue weighted by molar-refractivity contribution is -0.130. The van der Waals surface area contributed by atoms with E-state index in [4.69, 9.17) is 11.6 Å². The molecule has 5 nitrogen and oxygen atoms in total. The molecule has 0 bridgehead atoms. The van der Waals surface area contributed by atoms with Crippen LogP contribution < -0.4 is 5.32 Å². The second-order valence-corrected chi connectivity index (χ2v) is 5.26. The van der Waals surface area contributed by atoms with E-state index in [0.717, 1.165) is 5.56 Å². The predicted octanol–water partition coefficient (Wildman–Crippen LogP) is 2.18. The lowest BCUT2D eigenvalue weighted by Gasteiger charge is -2.33. The number of rotatable bonds is 2. The Labute approximate surface area is 129 Å². The van der Waals surface area contributed by atoms with Crippen molar-refractivity contribution in [3.63, 3.8) is 0 Å². The van der Waals surface area contributed by atoms with Gasteiger partial charge in [0, 0.05) is 44.3 Å². The Morgan fingerprint density at radius 3 is 2.24 bits per heavy atom. The second kappa shape index (κ2) is 7.13. The molecule has 0 atom stereocenters. The van der Waals surface area contributed by atoms with Crippen LogP contribution >= 0.6 is 11.6 Å². The molecule has 1 saturated heterocycles. The SMILES string of the molecule is CC(=O)N1CCN(C(=O)N/C=C/c2ccc(Cl)cc2)CC1. The maximum Gasteiger partial charge on any atom is 0.321 e. The molecule has 1 aliphatic rings. The number of piperazine rings is 1. The first kappa shape index (κ1) is 15.4. The molecule has 0 aromatic heterocycles. The maximum absolute atomic E-state index is 12.0. The minimum absolute atomic E-state index is 0.0534. The van der Waals surface area contributed by atoms with Gasteiger partial charge in [-0.1, -0.05) is 23.7 Å². The molecule has 0 radical (unpaired) electrons. The highest BCUT2D eigenvalue weighted by Gasteiger charge is 2.21. The zero-order valence-electron chi connectivity index (χ0n) is 11.9. The lowest BCUT2D eigenvalue weighted by atomic mass is 10.2. The lowest BCUT2D eigenvalue weighted by Crippen LogP contribution is -2.52. The zero-order valence-corrected chi connectivity index (χ0v) is 12.6. The molecule has 0 saturated carbocycles. The first-order valence-electron chi connectivity index (χ1n) is 6.79. The van der Waals surface area contributed by atoms with E-state index in [2.05, 4.69) is 5.32 Å². The van der Waals surface area contributed by atoms with Crippen molar-refractivity contribution in [3.05, 3.63) is 41.1 Å². The van der Waals surface area contributed by atoms with Crippen molar-refractivity contribution in [3.8, 4) is 0 Å². The van der Waals surface area contributed by atoms with Crippen LogP contribution in [-0.2, 0) is 4.79 Å². The van der Waals surface area contributed by atoms with Gasteiger partial charge in [0.05, 0.1) is 0 Å². The molecule has 0 spiro atoms. The van der Waals surface area contributed by atoms with Crippen molar-refractivity contribution in [2.24, 2.45) is 0 Å². The summed E-state index contributed by atoms with van der Waals surface area (Å²) >= 11 is 5.80. The third-order valence-corrected chi connectivity index (χ3v) is 3.62. The molecule has 2 rings (SSSR count). The van der Waals surface area contributed by atoms with Crippen LogP contribution in [0.3, 0.4) is 0 Å². The number of hydrogen-bond donors (Lipinski definition) is 1. The van der Waals surface area contributed by atoms with Gasteiger partial charge in [-0.05, 0) is 23.8 Å². The number of benzene rings is 1. The van der Waals surface area contributed by atoms with E-state index in [1.165, 1.54) is 0 Å². The third kappa shape index (κ3) is 4.49. The summed E-state index contributed by atoms with van der Waals surface area (Å²) in [6.07, 6.45) is 3.42. The fourth-order valence-corrected chi connectivity index (χ4v) is 2.22. The topological polar surface area (TPSA) is 52.7 Å². The molecule has 1 aromatic rings. The molecule has 3 amide bonds. The highest BCUT2D eigenvalue weighted by molar-refractivity contribution is 6.30. The van der Waals surface area contributed by atoms with Crippen molar-refractivity contribution in [1.29, 1.82) is 0 Å². The molecule has 112 valence electrons. The van der Waals surface area contributed by atoms with Crippen LogP contribution in [0.15, 0.2) is 30.5 Å². The minimum atomic E-state index is -0.150. The zero-order chi connectivity index (χ0) is 15.2. The van der Waals surface area contributed by atoms with Crippen LogP contribution in [-0.4, -0.2) is 47.9 Å².